The number of H-pyrrole nitrogens is 1. The third-order valence-corrected chi connectivity index (χ3v) is 5.38. The van der Waals surface area contributed by atoms with Crippen LogP contribution in [0.3, 0.4) is 0 Å². The number of aromatic amines is 1. The summed E-state index contributed by atoms with van der Waals surface area (Å²) in [4.78, 5) is 16.8. The van der Waals surface area contributed by atoms with Crippen molar-refractivity contribution in [1.29, 1.82) is 0 Å². The van der Waals surface area contributed by atoms with Crippen molar-refractivity contribution in [3.8, 4) is 0 Å². The van der Waals surface area contributed by atoms with Gasteiger partial charge in [-0.1, -0.05) is 30.6 Å². The Balaban J connectivity index is 1.70. The van der Waals surface area contributed by atoms with Gasteiger partial charge in [0.1, 0.15) is 0 Å². The number of hydrogen-bond donors (Lipinski definition) is 2. The van der Waals surface area contributed by atoms with E-state index in [0.717, 1.165) is 25.3 Å². The Hall–Kier alpha value is -0.650. The van der Waals surface area contributed by atoms with Crippen LogP contribution in [0.15, 0.2) is 10.2 Å². The molecule has 1 unspecified atom stereocenters. The van der Waals surface area contributed by atoms with Crippen LogP contribution in [-0.2, 0) is 6.54 Å². The molecule has 1 aromatic rings. The van der Waals surface area contributed by atoms with Gasteiger partial charge in [-0.25, -0.2) is 0 Å². The molecule has 2 fully saturated rings. The molecule has 1 atom stereocenters. The van der Waals surface area contributed by atoms with Gasteiger partial charge in [-0.3, -0.25) is 9.69 Å². The zero-order chi connectivity index (χ0) is 13.3. The minimum absolute atomic E-state index is 0.0603. The van der Waals surface area contributed by atoms with E-state index < -0.39 is 0 Å². The summed E-state index contributed by atoms with van der Waals surface area (Å²) in [6, 6.07) is 0.538. The summed E-state index contributed by atoms with van der Waals surface area (Å²) >= 11 is 1.27. The molecule has 106 valence electrons. The first-order chi connectivity index (χ1) is 9.17. The van der Waals surface area contributed by atoms with Crippen LogP contribution in [0.1, 0.15) is 44.7 Å². The van der Waals surface area contributed by atoms with Crippen molar-refractivity contribution in [3.63, 3.8) is 0 Å². The summed E-state index contributed by atoms with van der Waals surface area (Å²) in [6.07, 6.45) is 6.69. The van der Waals surface area contributed by atoms with Crippen molar-refractivity contribution in [3.05, 3.63) is 20.7 Å². The molecule has 1 aliphatic carbocycles. The van der Waals surface area contributed by atoms with Crippen molar-refractivity contribution in [2.24, 2.45) is 0 Å². The second kappa shape index (κ2) is 5.38. The molecule has 0 amide bonds. The molecule has 19 heavy (non-hydrogen) atoms. The Labute approximate surface area is 118 Å². The second-order valence-corrected chi connectivity index (χ2v) is 6.99. The lowest BCUT2D eigenvalue weighted by atomic mass is 9.79. The van der Waals surface area contributed by atoms with Gasteiger partial charge in [0.25, 0.3) is 0 Å². The van der Waals surface area contributed by atoms with Gasteiger partial charge in [-0.15, -0.1) is 0 Å². The molecule has 5 heteroatoms. The van der Waals surface area contributed by atoms with Gasteiger partial charge in [0, 0.05) is 42.3 Å². The van der Waals surface area contributed by atoms with Gasteiger partial charge in [0.05, 0.1) is 0 Å². The Kier molecular flexibility index (Phi) is 3.78. The number of thiazole rings is 1. The minimum atomic E-state index is 0.0603. The molecular weight excluding hydrogens is 258 g/mol. The van der Waals surface area contributed by atoms with Crippen LogP contribution < -0.4 is 10.2 Å². The number of hydrogen-bond acceptors (Lipinski definition) is 4. The maximum absolute atomic E-state index is 11.2. The average molecular weight is 281 g/mol. The van der Waals surface area contributed by atoms with Crippen molar-refractivity contribution < 1.29 is 0 Å². The summed E-state index contributed by atoms with van der Waals surface area (Å²) in [6.45, 7) is 5.33. The molecule has 2 N–H and O–H groups in total. The Bertz CT molecular complexity index is 475. The van der Waals surface area contributed by atoms with Crippen LogP contribution in [0.5, 0.6) is 0 Å². The first kappa shape index (κ1) is 13.3. The lowest BCUT2D eigenvalue weighted by Crippen LogP contribution is -2.63. The smallest absolute Gasteiger partial charge is 0.304 e. The Morgan fingerprint density at radius 2 is 2.21 bits per heavy atom. The van der Waals surface area contributed by atoms with Gasteiger partial charge >= 0.3 is 4.87 Å². The quantitative estimate of drug-likeness (QED) is 0.871. The standard InChI is InChI=1S/C14H23N3OS/c1-11-7-15-14(5-3-2-4-6-14)10-17(11)8-12-9-19-13(18)16-12/h9,11,15H,2-8,10H2,1H3,(H,16,18). The van der Waals surface area contributed by atoms with Crippen molar-refractivity contribution in [2.75, 3.05) is 13.1 Å². The normalized spacial score (nSPS) is 27.7. The third-order valence-electron chi connectivity index (χ3n) is 4.66. The minimum Gasteiger partial charge on any atom is -0.315 e. The topological polar surface area (TPSA) is 48.1 Å². The molecule has 3 rings (SSSR count). The monoisotopic (exact) mass is 281 g/mol. The molecule has 2 aliphatic rings. The fourth-order valence-electron chi connectivity index (χ4n) is 3.48. The lowest BCUT2D eigenvalue weighted by molar-refractivity contribution is 0.0565. The van der Waals surface area contributed by atoms with Crippen LogP contribution in [0.2, 0.25) is 0 Å². The van der Waals surface area contributed by atoms with E-state index in [4.69, 9.17) is 0 Å². The molecule has 1 saturated heterocycles. The molecule has 0 aromatic carbocycles. The summed E-state index contributed by atoms with van der Waals surface area (Å²) in [5, 5.41) is 5.76. The molecule has 1 aliphatic heterocycles. The van der Waals surface area contributed by atoms with Crippen molar-refractivity contribution >= 4 is 11.3 Å². The summed E-state index contributed by atoms with van der Waals surface area (Å²) < 4.78 is 0. The largest absolute Gasteiger partial charge is 0.315 e. The average Bonchev–Trinajstić information content (AvgIpc) is 2.81. The molecular formula is C14H23N3OS. The Morgan fingerprint density at radius 3 is 2.89 bits per heavy atom. The number of rotatable bonds is 2. The molecule has 4 nitrogen and oxygen atoms in total. The highest BCUT2D eigenvalue weighted by atomic mass is 32.1. The Morgan fingerprint density at radius 1 is 1.42 bits per heavy atom. The highest BCUT2D eigenvalue weighted by molar-refractivity contribution is 7.07. The first-order valence-electron chi connectivity index (χ1n) is 7.33. The van der Waals surface area contributed by atoms with Crippen molar-refractivity contribution in [2.45, 2.75) is 57.2 Å². The number of nitrogens with zero attached hydrogens (tertiary/aromatic N) is 1. The summed E-state index contributed by atoms with van der Waals surface area (Å²) in [5.41, 5.74) is 1.40. The molecule has 1 saturated carbocycles. The summed E-state index contributed by atoms with van der Waals surface area (Å²) in [7, 11) is 0. The fourth-order valence-corrected chi connectivity index (χ4v) is 4.05. The number of nitrogens with one attached hydrogen (secondary N) is 2. The van der Waals surface area contributed by atoms with E-state index >= 15 is 0 Å². The molecule has 0 radical (unpaired) electrons. The maximum atomic E-state index is 11.2. The predicted molar refractivity (Wildman–Crippen MR) is 78.6 cm³/mol. The maximum Gasteiger partial charge on any atom is 0.304 e. The van der Waals surface area contributed by atoms with Gasteiger partial charge in [-0.2, -0.15) is 0 Å². The van der Waals surface area contributed by atoms with Crippen LogP contribution >= 0.6 is 11.3 Å². The van der Waals surface area contributed by atoms with Gasteiger partial charge < -0.3 is 10.3 Å². The lowest BCUT2D eigenvalue weighted by Gasteiger charge is -2.49. The first-order valence-corrected chi connectivity index (χ1v) is 8.21. The third kappa shape index (κ3) is 2.93. The van der Waals surface area contributed by atoms with Gasteiger partial charge in [0.2, 0.25) is 0 Å². The zero-order valence-electron chi connectivity index (χ0n) is 11.6. The molecule has 0 bridgehead atoms. The predicted octanol–water partition coefficient (Wildman–Crippen LogP) is 1.93. The summed E-state index contributed by atoms with van der Waals surface area (Å²) in [5.74, 6) is 0. The van der Waals surface area contributed by atoms with E-state index in [9.17, 15) is 4.79 Å². The molecule has 1 spiro atoms. The molecule has 1 aromatic heterocycles. The van der Waals surface area contributed by atoms with Crippen LogP contribution in [0.4, 0.5) is 0 Å². The SMILES string of the molecule is CC1CNC2(CCCCC2)CN1Cc1csc(=O)[nH]1. The van der Waals surface area contributed by atoms with Crippen LogP contribution in [-0.4, -0.2) is 34.6 Å². The van der Waals surface area contributed by atoms with E-state index in [-0.39, 0.29) is 4.87 Å². The fraction of sp³-hybridized carbons (Fsp3) is 0.786. The number of aromatic nitrogens is 1. The van der Waals surface area contributed by atoms with Gasteiger partial charge in [0.15, 0.2) is 0 Å². The highest BCUT2D eigenvalue weighted by Gasteiger charge is 2.38. The van der Waals surface area contributed by atoms with Crippen LogP contribution in [0.25, 0.3) is 0 Å². The van der Waals surface area contributed by atoms with Crippen LogP contribution in [0, 0.1) is 0 Å². The second-order valence-electron chi connectivity index (χ2n) is 6.15. The van der Waals surface area contributed by atoms with Crippen molar-refractivity contribution in [1.82, 2.24) is 15.2 Å². The molecule has 2 heterocycles. The van der Waals surface area contributed by atoms with Gasteiger partial charge in [-0.05, 0) is 19.8 Å². The van der Waals surface area contributed by atoms with E-state index in [1.54, 1.807) is 0 Å². The van der Waals surface area contributed by atoms with E-state index in [2.05, 4.69) is 22.1 Å². The highest BCUT2D eigenvalue weighted by Crippen LogP contribution is 2.32. The zero-order valence-corrected chi connectivity index (χ0v) is 12.4. The van der Waals surface area contributed by atoms with E-state index in [0.29, 0.717) is 11.6 Å². The van der Waals surface area contributed by atoms with E-state index in [1.165, 1.54) is 43.4 Å². The number of piperazine rings is 1. The van der Waals surface area contributed by atoms with E-state index in [1.807, 2.05) is 5.38 Å².